The number of amides is 1. The first-order chi connectivity index (χ1) is 14.4. The number of carbonyl (C=O) groups is 1. The number of hydrazone groups is 1. The normalized spacial score (nSPS) is 11.8. The molecule has 0 unspecified atom stereocenters. The third-order valence-corrected chi connectivity index (χ3v) is 6.58. The zero-order chi connectivity index (χ0) is 21.4. The Morgan fingerprint density at radius 1 is 1.07 bits per heavy atom. The van der Waals surface area contributed by atoms with E-state index in [-0.39, 0.29) is 18.0 Å². The highest BCUT2D eigenvalue weighted by atomic mass is 79.9. The number of benzene rings is 2. The van der Waals surface area contributed by atoms with E-state index < -0.39 is 15.9 Å². The van der Waals surface area contributed by atoms with Crippen molar-refractivity contribution in [3.05, 3.63) is 88.8 Å². The fraction of sp³-hybridized carbons (Fsp3) is 0.143. The highest BCUT2D eigenvalue weighted by molar-refractivity contribution is 9.10. The van der Waals surface area contributed by atoms with Crippen LogP contribution in [0.15, 0.2) is 91.9 Å². The molecule has 1 heterocycles. The molecule has 3 rings (SSSR count). The van der Waals surface area contributed by atoms with E-state index >= 15 is 0 Å². The molecule has 0 bridgehead atoms. The number of sulfonamides is 1. The average molecular weight is 490 g/mol. The van der Waals surface area contributed by atoms with Crippen LogP contribution in [0.3, 0.4) is 0 Å². The second-order valence-corrected chi connectivity index (χ2v) is 9.19. The zero-order valence-electron chi connectivity index (χ0n) is 15.9. The molecule has 7 nitrogen and oxygen atoms in total. The van der Waals surface area contributed by atoms with E-state index in [4.69, 9.17) is 4.42 Å². The Morgan fingerprint density at radius 3 is 2.47 bits per heavy atom. The summed E-state index contributed by atoms with van der Waals surface area (Å²) in [5, 5.41) is 3.81. The van der Waals surface area contributed by atoms with E-state index in [0.717, 1.165) is 14.3 Å². The van der Waals surface area contributed by atoms with E-state index in [1.807, 2.05) is 30.3 Å². The summed E-state index contributed by atoms with van der Waals surface area (Å²) in [6, 6.07) is 19.2. The number of nitrogens with one attached hydrogen (secondary N) is 1. The average Bonchev–Trinajstić information content (AvgIpc) is 3.25. The van der Waals surface area contributed by atoms with Gasteiger partial charge < -0.3 is 4.42 Å². The summed E-state index contributed by atoms with van der Waals surface area (Å²) in [5.74, 6) is -0.0785. The molecule has 2 aromatic carbocycles. The molecular formula is C21H20BrN3O4S. The predicted molar refractivity (Wildman–Crippen MR) is 117 cm³/mol. The van der Waals surface area contributed by atoms with Crippen LogP contribution in [0.5, 0.6) is 0 Å². The predicted octanol–water partition coefficient (Wildman–Crippen LogP) is 3.43. The molecule has 0 fully saturated rings. The van der Waals surface area contributed by atoms with Gasteiger partial charge in [0.05, 0.1) is 23.9 Å². The molecule has 1 amide bonds. The lowest BCUT2D eigenvalue weighted by atomic mass is 10.1. The Bertz CT molecular complexity index is 1080. The molecule has 0 spiro atoms. The lowest BCUT2D eigenvalue weighted by molar-refractivity contribution is -0.121. The molecule has 0 saturated heterocycles. The second kappa shape index (κ2) is 10.3. The molecule has 0 aliphatic carbocycles. The van der Waals surface area contributed by atoms with E-state index in [1.165, 1.54) is 24.6 Å². The van der Waals surface area contributed by atoms with Crippen LogP contribution < -0.4 is 5.43 Å². The van der Waals surface area contributed by atoms with E-state index in [0.29, 0.717) is 12.2 Å². The summed E-state index contributed by atoms with van der Waals surface area (Å²) >= 11 is 3.30. The van der Waals surface area contributed by atoms with Crippen LogP contribution in [0.25, 0.3) is 0 Å². The van der Waals surface area contributed by atoms with Crippen molar-refractivity contribution in [1.82, 2.24) is 9.73 Å². The number of hydrogen-bond donors (Lipinski definition) is 1. The first-order valence-corrected chi connectivity index (χ1v) is 11.3. The van der Waals surface area contributed by atoms with Gasteiger partial charge in [0.2, 0.25) is 10.0 Å². The maximum absolute atomic E-state index is 13.1. The van der Waals surface area contributed by atoms with Crippen molar-refractivity contribution in [2.24, 2.45) is 5.10 Å². The fourth-order valence-corrected chi connectivity index (χ4v) is 4.33. The number of hydrogen-bond acceptors (Lipinski definition) is 5. The van der Waals surface area contributed by atoms with Crippen LogP contribution in [0.4, 0.5) is 0 Å². The molecule has 156 valence electrons. The van der Waals surface area contributed by atoms with Gasteiger partial charge in [-0.2, -0.15) is 9.41 Å². The molecule has 30 heavy (non-hydrogen) atoms. The van der Waals surface area contributed by atoms with Crippen molar-refractivity contribution >= 4 is 38.1 Å². The van der Waals surface area contributed by atoms with Gasteiger partial charge in [0.25, 0.3) is 5.91 Å². The van der Waals surface area contributed by atoms with Gasteiger partial charge in [-0.15, -0.1) is 0 Å². The Labute approximate surface area is 183 Å². The molecular weight excluding hydrogens is 470 g/mol. The van der Waals surface area contributed by atoms with Crippen molar-refractivity contribution in [2.75, 3.05) is 13.1 Å². The van der Waals surface area contributed by atoms with Gasteiger partial charge in [0.15, 0.2) is 0 Å². The van der Waals surface area contributed by atoms with Crippen LogP contribution in [-0.4, -0.2) is 37.9 Å². The summed E-state index contributed by atoms with van der Waals surface area (Å²) in [6.45, 7) is -0.210. The SMILES string of the molecule is O=C(CN(CCc1ccccc1)S(=O)(=O)c1ccc(Br)cc1)N/N=C/c1ccco1. The first kappa shape index (κ1) is 21.9. The zero-order valence-corrected chi connectivity index (χ0v) is 18.3. The number of carbonyl (C=O) groups excluding carboxylic acids is 1. The molecule has 1 aromatic heterocycles. The van der Waals surface area contributed by atoms with E-state index in [2.05, 4.69) is 26.5 Å². The molecule has 0 radical (unpaired) electrons. The van der Waals surface area contributed by atoms with Gasteiger partial charge >= 0.3 is 0 Å². The molecule has 3 aromatic rings. The third kappa shape index (κ3) is 6.12. The summed E-state index contributed by atoms with van der Waals surface area (Å²) in [7, 11) is -3.87. The molecule has 9 heteroatoms. The maximum atomic E-state index is 13.1. The summed E-state index contributed by atoms with van der Waals surface area (Å²) in [6.07, 6.45) is 3.30. The van der Waals surface area contributed by atoms with E-state index in [9.17, 15) is 13.2 Å². The van der Waals surface area contributed by atoms with Gasteiger partial charge in [0.1, 0.15) is 5.76 Å². The third-order valence-electron chi connectivity index (χ3n) is 4.19. The second-order valence-electron chi connectivity index (χ2n) is 6.34. The highest BCUT2D eigenvalue weighted by Gasteiger charge is 2.26. The number of nitrogens with zero attached hydrogens (tertiary/aromatic N) is 2. The van der Waals surface area contributed by atoms with Crippen LogP contribution in [-0.2, 0) is 21.2 Å². The minimum atomic E-state index is -3.87. The summed E-state index contributed by atoms with van der Waals surface area (Å²) in [4.78, 5) is 12.5. The van der Waals surface area contributed by atoms with Crippen molar-refractivity contribution < 1.29 is 17.6 Å². The Hall–Kier alpha value is -2.75. The monoisotopic (exact) mass is 489 g/mol. The number of rotatable bonds is 9. The summed E-state index contributed by atoms with van der Waals surface area (Å²) in [5.41, 5.74) is 3.32. The van der Waals surface area contributed by atoms with Crippen molar-refractivity contribution in [3.8, 4) is 0 Å². The number of furan rings is 1. The Morgan fingerprint density at radius 2 is 1.80 bits per heavy atom. The lowest BCUT2D eigenvalue weighted by Crippen LogP contribution is -2.40. The van der Waals surface area contributed by atoms with E-state index in [1.54, 1.807) is 24.3 Å². The molecule has 1 N–H and O–H groups in total. The largest absolute Gasteiger partial charge is 0.463 e. The Balaban J connectivity index is 1.74. The first-order valence-electron chi connectivity index (χ1n) is 9.10. The van der Waals surface area contributed by atoms with Gasteiger partial charge in [-0.05, 0) is 48.4 Å². The Kier molecular flexibility index (Phi) is 7.56. The highest BCUT2D eigenvalue weighted by Crippen LogP contribution is 2.19. The fourth-order valence-electron chi connectivity index (χ4n) is 2.67. The molecule has 0 aliphatic heterocycles. The topological polar surface area (TPSA) is 92.0 Å². The van der Waals surface area contributed by atoms with Gasteiger partial charge in [-0.25, -0.2) is 13.8 Å². The van der Waals surface area contributed by atoms with Gasteiger partial charge in [-0.1, -0.05) is 46.3 Å². The molecule has 0 atom stereocenters. The lowest BCUT2D eigenvalue weighted by Gasteiger charge is -2.21. The smallest absolute Gasteiger partial charge is 0.255 e. The molecule has 0 saturated carbocycles. The van der Waals surface area contributed by atoms with Crippen LogP contribution in [0.1, 0.15) is 11.3 Å². The van der Waals surface area contributed by atoms with Crippen LogP contribution in [0, 0.1) is 0 Å². The summed E-state index contributed by atoms with van der Waals surface area (Å²) < 4.78 is 33.3. The maximum Gasteiger partial charge on any atom is 0.255 e. The standard InChI is InChI=1S/C21H20BrN3O4S/c22-18-8-10-20(11-9-18)30(27,28)25(13-12-17-5-2-1-3-6-17)16-21(26)24-23-15-19-7-4-14-29-19/h1-11,14-15H,12-13,16H2,(H,24,26)/b23-15+. The van der Waals surface area contributed by atoms with Crippen LogP contribution in [0.2, 0.25) is 0 Å². The van der Waals surface area contributed by atoms with Crippen LogP contribution >= 0.6 is 15.9 Å². The minimum absolute atomic E-state index is 0.116. The van der Waals surface area contributed by atoms with Crippen molar-refractivity contribution in [3.63, 3.8) is 0 Å². The molecule has 0 aliphatic rings. The van der Waals surface area contributed by atoms with Gasteiger partial charge in [0, 0.05) is 11.0 Å². The quantitative estimate of drug-likeness (QED) is 0.368. The number of halogens is 1. The van der Waals surface area contributed by atoms with Crippen molar-refractivity contribution in [2.45, 2.75) is 11.3 Å². The van der Waals surface area contributed by atoms with Gasteiger partial charge in [-0.3, -0.25) is 4.79 Å². The van der Waals surface area contributed by atoms with Crippen molar-refractivity contribution in [1.29, 1.82) is 0 Å². The minimum Gasteiger partial charge on any atom is -0.463 e.